The van der Waals surface area contributed by atoms with Crippen LogP contribution in [0.2, 0.25) is 0 Å². The van der Waals surface area contributed by atoms with E-state index in [1.807, 2.05) is 44.2 Å². The van der Waals surface area contributed by atoms with Crippen molar-refractivity contribution in [1.82, 2.24) is 4.98 Å². The van der Waals surface area contributed by atoms with E-state index in [9.17, 15) is 4.79 Å². The van der Waals surface area contributed by atoms with Crippen molar-refractivity contribution in [2.24, 2.45) is 0 Å². The van der Waals surface area contributed by atoms with Gasteiger partial charge in [0.2, 0.25) is 0 Å². The largest absolute Gasteiger partial charge is 0.327 e. The highest BCUT2D eigenvalue weighted by Crippen LogP contribution is 2.27. The molecule has 4 aromatic rings. The van der Waals surface area contributed by atoms with Crippen molar-refractivity contribution in [2.45, 2.75) is 33.4 Å². The van der Waals surface area contributed by atoms with E-state index in [4.69, 9.17) is 4.98 Å². The van der Waals surface area contributed by atoms with Crippen molar-refractivity contribution >= 4 is 22.5 Å². The summed E-state index contributed by atoms with van der Waals surface area (Å²) >= 11 is 0. The second-order valence-corrected chi connectivity index (χ2v) is 8.79. The number of para-hydroxylation sites is 1. The molecule has 0 fully saturated rings. The second kappa shape index (κ2) is 8.56. The van der Waals surface area contributed by atoms with Crippen LogP contribution in [0, 0.1) is 13.8 Å². The Hall–Kier alpha value is -3.50. The molecule has 0 saturated heterocycles. The molecule has 0 radical (unpaired) electrons. The molecule has 5 rings (SSSR count). The minimum Gasteiger partial charge on any atom is -0.327 e. The lowest BCUT2D eigenvalue weighted by molar-refractivity contribution is -0.929. The number of hydrogen-bond acceptors (Lipinski definition) is 2. The number of anilines is 1. The van der Waals surface area contributed by atoms with E-state index in [1.54, 1.807) is 0 Å². The first-order valence-electron chi connectivity index (χ1n) is 11.2. The molecule has 2 N–H and O–H groups in total. The van der Waals surface area contributed by atoms with Crippen molar-refractivity contribution < 1.29 is 9.69 Å². The van der Waals surface area contributed by atoms with E-state index in [2.05, 4.69) is 47.8 Å². The number of nitrogens with one attached hydrogen (secondary N) is 2. The number of quaternary nitrogens is 1. The Morgan fingerprint density at radius 3 is 2.62 bits per heavy atom. The lowest BCUT2D eigenvalue weighted by Gasteiger charge is -2.27. The summed E-state index contributed by atoms with van der Waals surface area (Å²) < 4.78 is 0. The van der Waals surface area contributed by atoms with E-state index in [1.165, 1.54) is 10.5 Å². The first-order valence-corrected chi connectivity index (χ1v) is 11.2. The van der Waals surface area contributed by atoms with Crippen LogP contribution in [0.5, 0.6) is 0 Å². The van der Waals surface area contributed by atoms with Crippen LogP contribution in [0.1, 0.15) is 38.3 Å². The standard InChI is InChI=1S/C28H27N3O/c1-19-12-13-20(2)26(16-19)30-28(32)27-22-10-6-7-11-24(22)29-25-14-15-31(18-23(25)27)17-21-8-4-3-5-9-21/h3-13,16H,14-15,17-18H2,1-2H3,(H,30,32)/p+1. The third-order valence-corrected chi connectivity index (χ3v) is 6.39. The number of pyridine rings is 1. The summed E-state index contributed by atoms with van der Waals surface area (Å²) in [6, 6.07) is 24.7. The predicted molar refractivity (Wildman–Crippen MR) is 129 cm³/mol. The quantitative estimate of drug-likeness (QED) is 0.517. The normalized spacial score (nSPS) is 15.4. The van der Waals surface area contributed by atoms with Crippen molar-refractivity contribution in [2.75, 3.05) is 11.9 Å². The number of hydrogen-bond donors (Lipinski definition) is 2. The molecule has 1 aliphatic rings. The lowest BCUT2D eigenvalue weighted by Crippen LogP contribution is -3.10. The summed E-state index contributed by atoms with van der Waals surface area (Å²) in [5.41, 5.74) is 8.20. The van der Waals surface area contributed by atoms with E-state index in [0.29, 0.717) is 0 Å². The van der Waals surface area contributed by atoms with Crippen LogP contribution in [-0.2, 0) is 19.5 Å². The Balaban J connectivity index is 1.55. The second-order valence-electron chi connectivity index (χ2n) is 8.79. The van der Waals surface area contributed by atoms with E-state index >= 15 is 0 Å². The van der Waals surface area contributed by atoms with Gasteiger partial charge in [-0.25, -0.2) is 0 Å². The number of carbonyl (C=O) groups excluding carboxylic acids is 1. The number of fused-ring (bicyclic) bond motifs is 2. The zero-order valence-corrected chi connectivity index (χ0v) is 18.6. The van der Waals surface area contributed by atoms with Gasteiger partial charge in [0.15, 0.2) is 0 Å². The van der Waals surface area contributed by atoms with E-state index in [0.717, 1.165) is 70.6 Å². The molecular formula is C28H28N3O+. The summed E-state index contributed by atoms with van der Waals surface area (Å²) in [6.07, 6.45) is 0.881. The van der Waals surface area contributed by atoms with Gasteiger partial charge >= 0.3 is 0 Å². The number of nitrogens with zero attached hydrogens (tertiary/aromatic N) is 1. The molecule has 0 aliphatic carbocycles. The molecule has 0 spiro atoms. The van der Waals surface area contributed by atoms with Gasteiger partial charge < -0.3 is 10.2 Å². The highest BCUT2D eigenvalue weighted by Gasteiger charge is 2.28. The van der Waals surface area contributed by atoms with Crippen LogP contribution in [0.4, 0.5) is 5.69 Å². The van der Waals surface area contributed by atoms with Gasteiger partial charge in [-0.3, -0.25) is 9.78 Å². The summed E-state index contributed by atoms with van der Waals surface area (Å²) in [5.74, 6) is -0.0467. The lowest BCUT2D eigenvalue weighted by atomic mass is 9.94. The molecular weight excluding hydrogens is 394 g/mol. The van der Waals surface area contributed by atoms with Gasteiger partial charge in [0, 0.05) is 28.6 Å². The fourth-order valence-electron chi connectivity index (χ4n) is 4.68. The minimum atomic E-state index is -0.0467. The zero-order valence-electron chi connectivity index (χ0n) is 18.6. The molecule has 1 atom stereocenters. The third-order valence-electron chi connectivity index (χ3n) is 6.39. The summed E-state index contributed by atoms with van der Waals surface area (Å²) in [5, 5.41) is 4.12. The average Bonchev–Trinajstić information content (AvgIpc) is 2.80. The predicted octanol–water partition coefficient (Wildman–Crippen LogP) is 4.25. The molecule has 2 heterocycles. The molecule has 4 nitrogen and oxygen atoms in total. The monoisotopic (exact) mass is 422 g/mol. The van der Waals surface area contributed by atoms with Crippen LogP contribution in [-0.4, -0.2) is 17.4 Å². The molecule has 0 saturated carbocycles. The van der Waals surface area contributed by atoms with Crippen LogP contribution in [0.15, 0.2) is 72.8 Å². The highest BCUT2D eigenvalue weighted by molar-refractivity contribution is 6.13. The first-order chi connectivity index (χ1) is 15.6. The fraction of sp³-hybridized carbons (Fsp3) is 0.214. The fourth-order valence-corrected chi connectivity index (χ4v) is 4.68. The van der Waals surface area contributed by atoms with Crippen LogP contribution in [0.25, 0.3) is 10.9 Å². The minimum absolute atomic E-state index is 0.0467. The van der Waals surface area contributed by atoms with Crippen LogP contribution >= 0.6 is 0 Å². The molecule has 32 heavy (non-hydrogen) atoms. The Bertz CT molecular complexity index is 1300. The van der Waals surface area contributed by atoms with Gasteiger partial charge in [-0.1, -0.05) is 60.7 Å². The molecule has 4 heteroatoms. The maximum atomic E-state index is 13.7. The summed E-state index contributed by atoms with van der Waals surface area (Å²) in [4.78, 5) is 20.1. The Labute approximate surface area is 188 Å². The van der Waals surface area contributed by atoms with Crippen molar-refractivity contribution in [1.29, 1.82) is 0 Å². The molecule has 1 aliphatic heterocycles. The van der Waals surface area contributed by atoms with Crippen LogP contribution < -0.4 is 10.2 Å². The van der Waals surface area contributed by atoms with Crippen molar-refractivity contribution in [3.8, 4) is 0 Å². The molecule has 1 aromatic heterocycles. The third kappa shape index (κ3) is 4.02. The molecule has 0 bridgehead atoms. The Kier molecular flexibility index (Phi) is 5.46. The number of amides is 1. The van der Waals surface area contributed by atoms with Gasteiger partial charge in [0.05, 0.1) is 23.3 Å². The first kappa shape index (κ1) is 20.4. The molecule has 1 unspecified atom stereocenters. The summed E-state index contributed by atoms with van der Waals surface area (Å²) in [6.45, 7) is 6.85. The van der Waals surface area contributed by atoms with Gasteiger partial charge in [0.25, 0.3) is 5.91 Å². The maximum Gasteiger partial charge on any atom is 0.256 e. The van der Waals surface area contributed by atoms with Gasteiger partial charge in [-0.05, 0) is 37.1 Å². The molecule has 3 aromatic carbocycles. The smallest absolute Gasteiger partial charge is 0.256 e. The molecule has 160 valence electrons. The topological polar surface area (TPSA) is 46.4 Å². The van der Waals surface area contributed by atoms with Crippen molar-refractivity contribution in [3.63, 3.8) is 0 Å². The highest BCUT2D eigenvalue weighted by atomic mass is 16.1. The maximum absolute atomic E-state index is 13.7. The average molecular weight is 423 g/mol. The van der Waals surface area contributed by atoms with Gasteiger partial charge in [0.1, 0.15) is 13.1 Å². The Morgan fingerprint density at radius 2 is 1.78 bits per heavy atom. The van der Waals surface area contributed by atoms with Gasteiger partial charge in [-0.2, -0.15) is 0 Å². The SMILES string of the molecule is Cc1ccc(C)c(NC(=O)c2c3c(nc4ccccc24)CC[NH+](Cc2ccccc2)C3)c1. The zero-order chi connectivity index (χ0) is 22.1. The van der Waals surface area contributed by atoms with Gasteiger partial charge in [-0.15, -0.1) is 0 Å². The summed E-state index contributed by atoms with van der Waals surface area (Å²) in [7, 11) is 0. The number of aromatic nitrogens is 1. The molecule has 1 amide bonds. The Morgan fingerprint density at radius 1 is 1.00 bits per heavy atom. The number of benzene rings is 3. The van der Waals surface area contributed by atoms with Crippen LogP contribution in [0.3, 0.4) is 0 Å². The number of rotatable bonds is 4. The number of carbonyl (C=O) groups is 1. The van der Waals surface area contributed by atoms with E-state index < -0.39 is 0 Å². The number of aryl methyl sites for hydroxylation is 2. The van der Waals surface area contributed by atoms with Crippen molar-refractivity contribution in [3.05, 3.63) is 106 Å². The van der Waals surface area contributed by atoms with E-state index in [-0.39, 0.29) is 5.91 Å².